The van der Waals surface area contributed by atoms with E-state index in [0.29, 0.717) is 22.9 Å². The lowest BCUT2D eigenvalue weighted by Gasteiger charge is -2.37. The molecule has 1 aliphatic rings. The van der Waals surface area contributed by atoms with E-state index in [1.54, 1.807) is 0 Å². The largest absolute Gasteiger partial charge is 0.489 e. The highest BCUT2D eigenvalue weighted by molar-refractivity contribution is 8.00. The number of hydrogen-bond acceptors (Lipinski definition) is 5. The minimum atomic E-state index is -0.211. The number of pyridine rings is 1. The van der Waals surface area contributed by atoms with E-state index in [1.807, 2.05) is 79.4 Å². The number of amides is 1. The Morgan fingerprint density at radius 3 is 2.70 bits per heavy atom. The zero-order valence-corrected chi connectivity index (χ0v) is 17.6. The average molecular weight is 416 g/mol. The highest BCUT2D eigenvalue weighted by atomic mass is 32.2. The topological polar surface area (TPSA) is 66.2 Å². The number of carbonyl (C=O) groups is 1. The van der Waals surface area contributed by atoms with Crippen LogP contribution in [0, 0.1) is 25.2 Å². The molecule has 0 unspecified atom stereocenters. The van der Waals surface area contributed by atoms with Crippen LogP contribution in [0.4, 0.5) is 5.69 Å². The number of ether oxygens (including phenoxy) is 1. The van der Waals surface area contributed by atoms with Crippen LogP contribution >= 0.6 is 11.8 Å². The molecular formula is C24H21N3O2S. The van der Waals surface area contributed by atoms with Crippen molar-refractivity contribution in [3.05, 3.63) is 83.0 Å². The second-order valence-electron chi connectivity index (χ2n) is 7.13. The van der Waals surface area contributed by atoms with Crippen LogP contribution in [0.15, 0.2) is 65.7 Å². The molecule has 0 N–H and O–H groups in total. The first-order valence-electron chi connectivity index (χ1n) is 9.68. The monoisotopic (exact) mass is 415 g/mol. The van der Waals surface area contributed by atoms with E-state index in [-0.39, 0.29) is 17.7 Å². The molecule has 2 heterocycles. The van der Waals surface area contributed by atoms with E-state index < -0.39 is 0 Å². The molecule has 30 heavy (non-hydrogen) atoms. The van der Waals surface area contributed by atoms with Crippen LogP contribution in [0.3, 0.4) is 0 Å². The SMILES string of the molecule is Cc1cc(C)c(C#N)c(SCC(=O)N2c3ccccc3OC[C@H]2c2ccccc2)n1. The number of nitrogens with zero attached hydrogens (tertiary/aromatic N) is 3. The summed E-state index contributed by atoms with van der Waals surface area (Å²) in [5.41, 5.74) is 4.02. The van der Waals surface area contributed by atoms with Crippen LogP contribution in [0.1, 0.15) is 28.4 Å². The number of fused-ring (bicyclic) bond motifs is 1. The number of carbonyl (C=O) groups excluding carboxylic acids is 1. The number of nitriles is 1. The van der Waals surface area contributed by atoms with Gasteiger partial charge in [-0.2, -0.15) is 5.26 Å². The van der Waals surface area contributed by atoms with Gasteiger partial charge < -0.3 is 4.74 Å². The van der Waals surface area contributed by atoms with Gasteiger partial charge in [-0.15, -0.1) is 0 Å². The van der Waals surface area contributed by atoms with Crippen LogP contribution in [0.25, 0.3) is 0 Å². The highest BCUT2D eigenvalue weighted by Crippen LogP contribution is 2.40. The summed E-state index contributed by atoms with van der Waals surface area (Å²) in [6.45, 7) is 4.18. The van der Waals surface area contributed by atoms with Gasteiger partial charge in [0.2, 0.25) is 5.91 Å². The summed E-state index contributed by atoms with van der Waals surface area (Å²) in [5, 5.41) is 10.1. The third kappa shape index (κ3) is 3.89. The number of anilines is 1. The van der Waals surface area contributed by atoms with Gasteiger partial charge in [-0.05, 0) is 43.2 Å². The molecule has 150 valence electrons. The third-order valence-corrected chi connectivity index (χ3v) is 6.00. The lowest BCUT2D eigenvalue weighted by Crippen LogP contribution is -2.42. The van der Waals surface area contributed by atoms with E-state index in [2.05, 4.69) is 11.1 Å². The van der Waals surface area contributed by atoms with Gasteiger partial charge in [0.1, 0.15) is 23.5 Å². The number of aryl methyl sites for hydroxylation is 2. The number of para-hydroxylation sites is 2. The van der Waals surface area contributed by atoms with Crippen molar-refractivity contribution >= 4 is 23.4 Å². The van der Waals surface area contributed by atoms with Gasteiger partial charge >= 0.3 is 0 Å². The molecule has 0 bridgehead atoms. The second kappa shape index (κ2) is 8.60. The molecule has 3 aromatic rings. The fourth-order valence-electron chi connectivity index (χ4n) is 3.66. The van der Waals surface area contributed by atoms with Gasteiger partial charge in [0.15, 0.2) is 0 Å². The van der Waals surface area contributed by atoms with E-state index in [9.17, 15) is 10.1 Å². The smallest absolute Gasteiger partial charge is 0.238 e. The summed E-state index contributed by atoms with van der Waals surface area (Å²) in [5.74, 6) is 0.835. The number of thioether (sulfide) groups is 1. The summed E-state index contributed by atoms with van der Waals surface area (Å²) in [6, 6.07) is 21.4. The molecule has 1 aromatic heterocycles. The summed E-state index contributed by atoms with van der Waals surface area (Å²) in [7, 11) is 0. The summed E-state index contributed by atoms with van der Waals surface area (Å²) >= 11 is 1.31. The van der Waals surface area contributed by atoms with Gasteiger partial charge in [-0.3, -0.25) is 9.69 Å². The van der Waals surface area contributed by atoms with Crippen molar-refractivity contribution in [3.8, 4) is 11.8 Å². The Balaban J connectivity index is 1.65. The Morgan fingerprint density at radius 1 is 1.20 bits per heavy atom. The van der Waals surface area contributed by atoms with Gasteiger partial charge in [0.25, 0.3) is 0 Å². The standard InChI is InChI=1S/C24H21N3O2S/c1-16-12-17(2)26-24(19(16)13-25)30-15-23(28)27-20-10-6-7-11-22(20)29-14-21(27)18-8-4-3-5-9-18/h3-12,21H,14-15H2,1-2H3/t21-/m0/s1. The molecule has 2 aromatic carbocycles. The van der Waals surface area contributed by atoms with Crippen molar-refractivity contribution in [1.82, 2.24) is 4.98 Å². The van der Waals surface area contributed by atoms with Crippen LogP contribution < -0.4 is 9.64 Å². The maximum atomic E-state index is 13.4. The van der Waals surface area contributed by atoms with Gasteiger partial charge in [-0.25, -0.2) is 4.98 Å². The molecule has 1 aliphatic heterocycles. The minimum absolute atomic E-state index is 0.0468. The first-order valence-corrected chi connectivity index (χ1v) is 10.7. The Morgan fingerprint density at radius 2 is 1.93 bits per heavy atom. The maximum Gasteiger partial charge on any atom is 0.238 e. The van der Waals surface area contributed by atoms with Crippen LogP contribution in [-0.2, 0) is 4.79 Å². The van der Waals surface area contributed by atoms with Gasteiger partial charge in [0.05, 0.1) is 23.0 Å². The molecule has 0 fully saturated rings. The van der Waals surface area contributed by atoms with E-state index >= 15 is 0 Å². The number of hydrogen-bond donors (Lipinski definition) is 0. The molecule has 4 rings (SSSR count). The van der Waals surface area contributed by atoms with Gasteiger partial charge in [-0.1, -0.05) is 54.2 Å². The van der Waals surface area contributed by atoms with Crippen molar-refractivity contribution in [2.45, 2.75) is 24.9 Å². The van der Waals surface area contributed by atoms with E-state index in [1.165, 1.54) is 11.8 Å². The Kier molecular flexibility index (Phi) is 5.73. The maximum absolute atomic E-state index is 13.4. The molecule has 6 heteroatoms. The fourth-order valence-corrected chi connectivity index (χ4v) is 4.62. The predicted molar refractivity (Wildman–Crippen MR) is 118 cm³/mol. The Bertz CT molecular complexity index is 1130. The van der Waals surface area contributed by atoms with Crippen molar-refractivity contribution < 1.29 is 9.53 Å². The Labute approximate surface area is 180 Å². The summed E-state index contributed by atoms with van der Waals surface area (Å²) in [4.78, 5) is 19.7. The molecule has 0 radical (unpaired) electrons. The predicted octanol–water partition coefficient (Wildman–Crippen LogP) is 4.83. The van der Waals surface area contributed by atoms with Crippen LogP contribution in [-0.4, -0.2) is 23.3 Å². The fraction of sp³-hybridized carbons (Fsp3) is 0.208. The molecule has 0 spiro atoms. The lowest BCUT2D eigenvalue weighted by molar-refractivity contribution is -0.117. The first kappa shape index (κ1) is 20.0. The molecule has 0 saturated carbocycles. The molecule has 1 atom stereocenters. The molecule has 1 amide bonds. The van der Waals surface area contributed by atoms with E-state index in [0.717, 1.165) is 22.5 Å². The van der Waals surface area contributed by atoms with Crippen LogP contribution in [0.5, 0.6) is 5.75 Å². The third-order valence-electron chi connectivity index (χ3n) is 5.04. The normalized spacial score (nSPS) is 15.1. The summed E-state index contributed by atoms with van der Waals surface area (Å²) < 4.78 is 5.95. The van der Waals surface area contributed by atoms with Crippen molar-refractivity contribution in [3.63, 3.8) is 0 Å². The molecule has 5 nitrogen and oxygen atoms in total. The molecule has 0 saturated heterocycles. The highest BCUT2D eigenvalue weighted by Gasteiger charge is 2.33. The van der Waals surface area contributed by atoms with Crippen molar-refractivity contribution in [1.29, 1.82) is 5.26 Å². The first-order chi connectivity index (χ1) is 14.6. The minimum Gasteiger partial charge on any atom is -0.489 e. The van der Waals surface area contributed by atoms with Crippen molar-refractivity contribution in [2.24, 2.45) is 0 Å². The average Bonchev–Trinajstić information content (AvgIpc) is 2.77. The zero-order valence-electron chi connectivity index (χ0n) is 16.8. The van der Waals surface area contributed by atoms with E-state index in [4.69, 9.17) is 4.74 Å². The zero-order chi connectivity index (χ0) is 21.1. The van der Waals surface area contributed by atoms with Crippen LogP contribution in [0.2, 0.25) is 0 Å². The number of benzene rings is 2. The number of rotatable bonds is 4. The van der Waals surface area contributed by atoms with Crippen molar-refractivity contribution in [2.75, 3.05) is 17.3 Å². The molecule has 0 aliphatic carbocycles. The second-order valence-corrected chi connectivity index (χ2v) is 8.09. The quantitative estimate of drug-likeness (QED) is 0.571. The summed E-state index contributed by atoms with van der Waals surface area (Å²) in [6.07, 6.45) is 0. The molecular weight excluding hydrogens is 394 g/mol. The lowest BCUT2D eigenvalue weighted by atomic mass is 10.0. The van der Waals surface area contributed by atoms with Gasteiger partial charge in [0, 0.05) is 5.69 Å². The number of aromatic nitrogens is 1. The Hall–Kier alpha value is -3.30.